The quantitative estimate of drug-likeness (QED) is 0.129. The van der Waals surface area contributed by atoms with E-state index in [-0.39, 0.29) is 41.5 Å². The van der Waals surface area contributed by atoms with Crippen LogP contribution in [-0.4, -0.2) is 77.2 Å². The molecule has 1 saturated heterocycles. The zero-order valence-electron chi connectivity index (χ0n) is 28.6. The fourth-order valence-electron chi connectivity index (χ4n) is 6.82. The highest BCUT2D eigenvalue weighted by atomic mass is 19.1. The number of nitrogens with one attached hydrogen (secondary N) is 5. The minimum atomic E-state index is -0.864. The molecule has 1 aromatic heterocycles. The number of nitrogens with two attached hydrogens (primary N) is 1. The topological polar surface area (TPSA) is 189 Å². The minimum absolute atomic E-state index is 0.0125. The first kappa shape index (κ1) is 35.6. The van der Waals surface area contributed by atoms with Gasteiger partial charge in [0.15, 0.2) is 11.6 Å². The molecule has 3 aromatic carbocycles. The number of carbonyl (C=O) groups is 3. The molecule has 2 heterocycles. The summed E-state index contributed by atoms with van der Waals surface area (Å²) in [6, 6.07) is 16.6. The lowest BCUT2D eigenvalue weighted by molar-refractivity contribution is -0.130. The van der Waals surface area contributed by atoms with E-state index >= 15 is 4.39 Å². The molecule has 1 unspecified atom stereocenters. The SMILES string of the molecule is COc1c(-c2ccc(CC(NC(=O)C3CCC(CN)CC3)C(=O)Nc3ccc(-c4nn[nH]n4)cc3)cc2)ccc(C(=O)NC2CCNCC2)c1F. The first-order valence-electron chi connectivity index (χ1n) is 17.5. The largest absolute Gasteiger partial charge is 0.493 e. The third-order valence-electron chi connectivity index (χ3n) is 9.86. The number of methoxy groups -OCH3 is 1. The Bertz CT molecular complexity index is 1790. The van der Waals surface area contributed by atoms with Gasteiger partial charge in [-0.25, -0.2) is 4.39 Å². The van der Waals surface area contributed by atoms with E-state index in [4.69, 9.17) is 10.5 Å². The molecule has 1 aliphatic carbocycles. The van der Waals surface area contributed by atoms with Crippen LogP contribution in [0.2, 0.25) is 0 Å². The van der Waals surface area contributed by atoms with Gasteiger partial charge in [0.25, 0.3) is 5.91 Å². The lowest BCUT2D eigenvalue weighted by Gasteiger charge is -2.28. The molecule has 1 aliphatic heterocycles. The molecule has 7 N–H and O–H groups in total. The van der Waals surface area contributed by atoms with Gasteiger partial charge in [0, 0.05) is 35.2 Å². The molecule has 0 bridgehead atoms. The second-order valence-corrected chi connectivity index (χ2v) is 13.2. The van der Waals surface area contributed by atoms with Crippen LogP contribution >= 0.6 is 0 Å². The summed E-state index contributed by atoms with van der Waals surface area (Å²) in [5.74, 6) is -1.08. The smallest absolute Gasteiger partial charge is 0.254 e. The van der Waals surface area contributed by atoms with Crippen molar-refractivity contribution in [2.45, 2.75) is 57.0 Å². The molecule has 0 spiro atoms. The molecule has 2 fully saturated rings. The van der Waals surface area contributed by atoms with E-state index in [0.29, 0.717) is 35.1 Å². The standard InChI is InChI=1S/C37H44FN9O4/c1-51-33-29(14-15-30(32(33)38)36(49)41-28-16-18-40-19-17-28)24-6-2-22(3-7-24)20-31(43-35(48)26-8-4-23(21-39)5-9-26)37(50)42-27-12-10-25(11-13-27)34-44-46-47-45-34/h2-3,6-7,10-15,23,26,28,31,40H,4-5,8-9,16-21,39H2,1H3,(H,41,49)(H,42,50)(H,43,48)(H,44,45,46,47). The number of carbonyl (C=O) groups excluding carboxylic acids is 3. The summed E-state index contributed by atoms with van der Waals surface area (Å²) in [5.41, 5.74) is 9.00. The van der Waals surface area contributed by atoms with Gasteiger partial charge in [0.05, 0.1) is 12.7 Å². The van der Waals surface area contributed by atoms with Crippen molar-refractivity contribution in [3.05, 3.63) is 77.6 Å². The average Bonchev–Trinajstić information content (AvgIpc) is 3.71. The monoisotopic (exact) mass is 697 g/mol. The molecule has 6 rings (SSSR count). The number of anilines is 1. The van der Waals surface area contributed by atoms with E-state index in [1.54, 1.807) is 30.3 Å². The Labute approximate surface area is 295 Å². The van der Waals surface area contributed by atoms with Crippen molar-refractivity contribution in [3.63, 3.8) is 0 Å². The number of hydrogen-bond acceptors (Lipinski definition) is 9. The van der Waals surface area contributed by atoms with Gasteiger partial charge in [-0.3, -0.25) is 14.4 Å². The van der Waals surface area contributed by atoms with Crippen LogP contribution in [0, 0.1) is 17.7 Å². The van der Waals surface area contributed by atoms with Crippen molar-refractivity contribution in [1.29, 1.82) is 0 Å². The molecular formula is C37H44FN9O4. The van der Waals surface area contributed by atoms with E-state index in [0.717, 1.165) is 62.7 Å². The normalized spacial score (nSPS) is 18.4. The summed E-state index contributed by atoms with van der Waals surface area (Å²) >= 11 is 0. The summed E-state index contributed by atoms with van der Waals surface area (Å²) in [6.07, 6.45) is 5.01. The Hall–Kier alpha value is -5.21. The summed E-state index contributed by atoms with van der Waals surface area (Å²) in [7, 11) is 1.37. The zero-order valence-corrected chi connectivity index (χ0v) is 28.6. The van der Waals surface area contributed by atoms with Gasteiger partial charge in [0.1, 0.15) is 6.04 Å². The third-order valence-corrected chi connectivity index (χ3v) is 9.86. The number of nitrogens with zero attached hydrogens (tertiary/aromatic N) is 3. The van der Waals surface area contributed by atoms with Crippen LogP contribution < -0.4 is 31.7 Å². The van der Waals surface area contributed by atoms with E-state index in [2.05, 4.69) is 41.9 Å². The molecule has 1 atom stereocenters. The van der Waals surface area contributed by atoms with Gasteiger partial charge in [-0.15, -0.1) is 10.2 Å². The molecule has 268 valence electrons. The minimum Gasteiger partial charge on any atom is -0.493 e. The number of hydrogen-bond donors (Lipinski definition) is 6. The second kappa shape index (κ2) is 16.7. The third kappa shape index (κ3) is 8.75. The lowest BCUT2D eigenvalue weighted by Crippen LogP contribution is -2.48. The Morgan fingerprint density at radius 1 is 0.941 bits per heavy atom. The Balaban J connectivity index is 1.17. The Morgan fingerprint density at radius 2 is 1.65 bits per heavy atom. The van der Waals surface area contributed by atoms with Crippen molar-refractivity contribution in [2.24, 2.45) is 17.6 Å². The van der Waals surface area contributed by atoms with Gasteiger partial charge in [-0.1, -0.05) is 24.3 Å². The number of H-pyrrole nitrogens is 1. The number of tetrazole rings is 1. The molecule has 13 nitrogen and oxygen atoms in total. The van der Waals surface area contributed by atoms with Crippen LogP contribution in [0.15, 0.2) is 60.7 Å². The van der Waals surface area contributed by atoms with Crippen LogP contribution in [0.25, 0.3) is 22.5 Å². The number of piperidine rings is 1. The highest BCUT2D eigenvalue weighted by molar-refractivity contribution is 5.98. The first-order valence-corrected chi connectivity index (χ1v) is 17.5. The predicted octanol–water partition coefficient (Wildman–Crippen LogP) is 3.59. The van der Waals surface area contributed by atoms with Gasteiger partial charge in [-0.2, -0.15) is 5.21 Å². The summed E-state index contributed by atoms with van der Waals surface area (Å²) < 4.78 is 21.1. The van der Waals surface area contributed by atoms with Crippen LogP contribution in [0.1, 0.15) is 54.4 Å². The number of aromatic amines is 1. The molecule has 51 heavy (non-hydrogen) atoms. The second-order valence-electron chi connectivity index (χ2n) is 13.2. The molecule has 0 radical (unpaired) electrons. The predicted molar refractivity (Wildman–Crippen MR) is 190 cm³/mol. The fourth-order valence-corrected chi connectivity index (χ4v) is 6.82. The number of halogens is 1. The maximum atomic E-state index is 15.7. The zero-order chi connectivity index (χ0) is 35.7. The maximum absolute atomic E-state index is 15.7. The molecule has 14 heteroatoms. The lowest BCUT2D eigenvalue weighted by atomic mass is 9.81. The summed E-state index contributed by atoms with van der Waals surface area (Å²) in [5, 5.41) is 26.1. The molecule has 2 aliphatic rings. The van der Waals surface area contributed by atoms with Crippen molar-refractivity contribution < 1.29 is 23.5 Å². The van der Waals surface area contributed by atoms with Crippen LogP contribution in [0.3, 0.4) is 0 Å². The number of benzene rings is 3. The van der Waals surface area contributed by atoms with E-state index in [1.807, 2.05) is 24.3 Å². The number of rotatable bonds is 12. The van der Waals surface area contributed by atoms with Gasteiger partial charge in [0.2, 0.25) is 17.6 Å². The average molecular weight is 698 g/mol. The number of ether oxygens (including phenoxy) is 1. The van der Waals surface area contributed by atoms with Gasteiger partial charge >= 0.3 is 0 Å². The van der Waals surface area contributed by atoms with E-state index in [9.17, 15) is 14.4 Å². The maximum Gasteiger partial charge on any atom is 0.254 e. The van der Waals surface area contributed by atoms with Crippen molar-refractivity contribution in [3.8, 4) is 28.3 Å². The Kier molecular flexibility index (Phi) is 11.6. The van der Waals surface area contributed by atoms with Gasteiger partial charge < -0.3 is 31.7 Å². The van der Waals surface area contributed by atoms with E-state index < -0.39 is 17.8 Å². The van der Waals surface area contributed by atoms with Crippen molar-refractivity contribution in [1.82, 2.24) is 36.6 Å². The van der Waals surface area contributed by atoms with Crippen LogP contribution in [-0.2, 0) is 16.0 Å². The van der Waals surface area contributed by atoms with Crippen LogP contribution in [0.4, 0.5) is 10.1 Å². The fraction of sp³-hybridized carbons (Fsp3) is 0.405. The molecule has 1 saturated carbocycles. The van der Waals surface area contributed by atoms with Crippen molar-refractivity contribution in [2.75, 3.05) is 32.1 Å². The van der Waals surface area contributed by atoms with Crippen molar-refractivity contribution >= 4 is 23.4 Å². The number of amides is 3. The van der Waals surface area contributed by atoms with Gasteiger partial charge in [-0.05, 0) is 117 Å². The number of aromatic nitrogens is 4. The first-order chi connectivity index (χ1) is 24.8. The molecule has 3 amide bonds. The molecular weight excluding hydrogens is 653 g/mol. The highest BCUT2D eigenvalue weighted by Crippen LogP contribution is 2.35. The Morgan fingerprint density at radius 3 is 2.29 bits per heavy atom. The summed E-state index contributed by atoms with van der Waals surface area (Å²) in [4.78, 5) is 40.1. The molecule has 4 aromatic rings. The highest BCUT2D eigenvalue weighted by Gasteiger charge is 2.30. The summed E-state index contributed by atoms with van der Waals surface area (Å²) in [6.45, 7) is 2.21. The van der Waals surface area contributed by atoms with Crippen LogP contribution in [0.5, 0.6) is 5.75 Å². The van der Waals surface area contributed by atoms with E-state index in [1.165, 1.54) is 13.2 Å².